The third-order valence-electron chi connectivity index (χ3n) is 4.82. The number of hydrogen-bond donors (Lipinski definition) is 1. The molecular weight excluding hydrogens is 316 g/mol. The maximum Gasteiger partial charge on any atom is 0.230 e. The van der Waals surface area contributed by atoms with Crippen molar-refractivity contribution in [3.63, 3.8) is 0 Å². The van der Waals surface area contributed by atoms with Crippen molar-refractivity contribution in [3.05, 3.63) is 46.6 Å². The first-order valence-electron chi connectivity index (χ1n) is 8.36. The molecule has 0 aliphatic carbocycles. The zero-order chi connectivity index (χ0) is 18.4. The Hall–Kier alpha value is -2.63. The largest absolute Gasteiger partial charge is 0.361 e. The molecule has 2 aromatic heterocycles. The van der Waals surface area contributed by atoms with Crippen LogP contribution in [0.4, 0.5) is 0 Å². The normalized spacial score (nSPS) is 11.9. The van der Waals surface area contributed by atoms with Crippen LogP contribution in [0, 0.1) is 20.8 Å². The number of carbonyl (C=O) groups excluding carboxylic acids is 1. The zero-order valence-corrected chi connectivity index (χ0v) is 15.6. The Kier molecular flexibility index (Phi) is 4.14. The summed E-state index contributed by atoms with van der Waals surface area (Å²) in [5.74, 6) is 1.42. The molecule has 2 heterocycles. The molecule has 0 aliphatic rings. The van der Waals surface area contributed by atoms with E-state index in [1.807, 2.05) is 51.4 Å². The summed E-state index contributed by atoms with van der Waals surface area (Å²) in [6, 6.07) is 6.04. The summed E-state index contributed by atoms with van der Waals surface area (Å²) in [7, 11) is 1.98. The Balaban J connectivity index is 1.83. The summed E-state index contributed by atoms with van der Waals surface area (Å²) in [5.41, 5.74) is 4.06. The van der Waals surface area contributed by atoms with Gasteiger partial charge in [-0.15, -0.1) is 0 Å². The summed E-state index contributed by atoms with van der Waals surface area (Å²) >= 11 is 0. The fraction of sp³-hybridized carbons (Fsp3) is 0.421. The first kappa shape index (κ1) is 17.2. The summed E-state index contributed by atoms with van der Waals surface area (Å²) < 4.78 is 7.26. The van der Waals surface area contributed by atoms with E-state index < -0.39 is 5.41 Å². The summed E-state index contributed by atoms with van der Waals surface area (Å²) in [4.78, 5) is 17.5. The monoisotopic (exact) mass is 340 g/mol. The van der Waals surface area contributed by atoms with E-state index >= 15 is 0 Å². The lowest BCUT2D eigenvalue weighted by molar-refractivity contribution is -0.125. The van der Waals surface area contributed by atoms with Gasteiger partial charge in [0.25, 0.3) is 0 Å². The maximum atomic E-state index is 12.8. The van der Waals surface area contributed by atoms with Gasteiger partial charge in [-0.1, -0.05) is 17.3 Å². The van der Waals surface area contributed by atoms with E-state index in [0.29, 0.717) is 12.3 Å². The quantitative estimate of drug-likeness (QED) is 0.792. The molecule has 0 radical (unpaired) electrons. The number of aryl methyl sites for hydroxylation is 4. The van der Waals surface area contributed by atoms with Crippen LogP contribution >= 0.6 is 0 Å². The molecule has 0 unspecified atom stereocenters. The molecule has 0 saturated carbocycles. The van der Waals surface area contributed by atoms with Crippen molar-refractivity contribution < 1.29 is 9.32 Å². The molecule has 3 aromatic rings. The van der Waals surface area contributed by atoms with Gasteiger partial charge >= 0.3 is 0 Å². The molecule has 0 atom stereocenters. The van der Waals surface area contributed by atoms with Crippen LogP contribution in [-0.4, -0.2) is 20.6 Å². The highest BCUT2D eigenvalue weighted by molar-refractivity contribution is 5.88. The van der Waals surface area contributed by atoms with Crippen LogP contribution in [0.2, 0.25) is 0 Å². The van der Waals surface area contributed by atoms with Gasteiger partial charge in [-0.25, -0.2) is 4.98 Å². The zero-order valence-electron chi connectivity index (χ0n) is 15.6. The Bertz CT molecular complexity index is 930. The average molecular weight is 340 g/mol. The molecule has 25 heavy (non-hydrogen) atoms. The molecule has 6 nitrogen and oxygen atoms in total. The van der Waals surface area contributed by atoms with E-state index in [-0.39, 0.29) is 5.91 Å². The van der Waals surface area contributed by atoms with Crippen LogP contribution in [-0.2, 0) is 23.8 Å². The van der Waals surface area contributed by atoms with Gasteiger partial charge in [0.1, 0.15) is 11.6 Å². The van der Waals surface area contributed by atoms with Crippen molar-refractivity contribution in [2.24, 2.45) is 7.05 Å². The molecule has 3 rings (SSSR count). The Morgan fingerprint density at radius 2 is 2.00 bits per heavy atom. The Labute approximate surface area is 147 Å². The minimum Gasteiger partial charge on any atom is -0.361 e. The van der Waals surface area contributed by atoms with Crippen LogP contribution in [0.25, 0.3) is 11.0 Å². The molecule has 1 amide bonds. The van der Waals surface area contributed by atoms with Gasteiger partial charge in [-0.2, -0.15) is 0 Å². The van der Waals surface area contributed by atoms with Crippen LogP contribution < -0.4 is 5.32 Å². The SMILES string of the molecule is Cc1noc(C)c1C(C)(C)C(=O)NCc1nc2cccc(C)c2n1C. The van der Waals surface area contributed by atoms with E-state index in [0.717, 1.165) is 28.1 Å². The minimum atomic E-state index is -0.728. The predicted molar refractivity (Wildman–Crippen MR) is 96.3 cm³/mol. The van der Waals surface area contributed by atoms with Crippen molar-refractivity contribution >= 4 is 16.9 Å². The van der Waals surface area contributed by atoms with Crippen molar-refractivity contribution in [2.45, 2.75) is 46.6 Å². The number of hydrogen-bond acceptors (Lipinski definition) is 4. The van der Waals surface area contributed by atoms with Gasteiger partial charge in [0, 0.05) is 12.6 Å². The number of imidazole rings is 1. The first-order valence-corrected chi connectivity index (χ1v) is 8.36. The minimum absolute atomic E-state index is 0.0781. The van der Waals surface area contributed by atoms with Gasteiger partial charge in [-0.3, -0.25) is 4.79 Å². The summed E-state index contributed by atoms with van der Waals surface area (Å²) in [6.45, 7) is 9.89. The number of nitrogens with one attached hydrogen (secondary N) is 1. The smallest absolute Gasteiger partial charge is 0.230 e. The third-order valence-corrected chi connectivity index (χ3v) is 4.82. The van der Waals surface area contributed by atoms with Gasteiger partial charge < -0.3 is 14.4 Å². The number of fused-ring (bicyclic) bond motifs is 1. The van der Waals surface area contributed by atoms with Crippen LogP contribution in [0.5, 0.6) is 0 Å². The molecule has 6 heteroatoms. The molecule has 0 saturated heterocycles. The van der Waals surface area contributed by atoms with E-state index in [1.54, 1.807) is 0 Å². The molecule has 0 spiro atoms. The summed E-state index contributed by atoms with van der Waals surface area (Å²) in [5, 5.41) is 6.98. The van der Waals surface area contributed by atoms with E-state index in [2.05, 4.69) is 28.4 Å². The van der Waals surface area contributed by atoms with Crippen LogP contribution in [0.15, 0.2) is 22.7 Å². The number of aromatic nitrogens is 3. The molecule has 0 bridgehead atoms. The van der Waals surface area contributed by atoms with Crippen molar-refractivity contribution in [1.82, 2.24) is 20.0 Å². The predicted octanol–water partition coefficient (Wildman–Crippen LogP) is 3.08. The topological polar surface area (TPSA) is 73.0 Å². The highest BCUT2D eigenvalue weighted by atomic mass is 16.5. The maximum absolute atomic E-state index is 12.8. The average Bonchev–Trinajstić information content (AvgIpc) is 3.05. The van der Waals surface area contributed by atoms with Crippen molar-refractivity contribution in [3.8, 4) is 0 Å². The lowest BCUT2D eigenvalue weighted by Gasteiger charge is -2.23. The lowest BCUT2D eigenvalue weighted by Crippen LogP contribution is -2.40. The number of rotatable bonds is 4. The lowest BCUT2D eigenvalue weighted by atomic mass is 9.82. The molecule has 1 N–H and O–H groups in total. The van der Waals surface area contributed by atoms with Gasteiger partial charge in [-0.05, 0) is 46.2 Å². The van der Waals surface area contributed by atoms with Crippen LogP contribution in [0.3, 0.4) is 0 Å². The van der Waals surface area contributed by atoms with E-state index in [4.69, 9.17) is 4.52 Å². The molecule has 1 aromatic carbocycles. The number of amides is 1. The fourth-order valence-corrected chi connectivity index (χ4v) is 3.54. The molecule has 132 valence electrons. The van der Waals surface area contributed by atoms with Gasteiger partial charge in [0.2, 0.25) is 5.91 Å². The summed E-state index contributed by atoms with van der Waals surface area (Å²) in [6.07, 6.45) is 0. The molecule has 0 aliphatic heterocycles. The number of para-hydroxylation sites is 1. The second-order valence-electron chi connectivity index (χ2n) is 7.04. The Morgan fingerprint density at radius 1 is 1.28 bits per heavy atom. The number of benzene rings is 1. The second-order valence-corrected chi connectivity index (χ2v) is 7.04. The standard InChI is InChI=1S/C19H24N4O2/c1-11-8-7-9-14-17(11)23(6)15(21-14)10-20-18(24)19(4,5)16-12(2)22-25-13(16)3/h7-9H,10H2,1-6H3,(H,20,24). The highest BCUT2D eigenvalue weighted by Gasteiger charge is 2.35. The van der Waals surface area contributed by atoms with Gasteiger partial charge in [0.05, 0.1) is 28.7 Å². The van der Waals surface area contributed by atoms with Crippen molar-refractivity contribution in [2.75, 3.05) is 0 Å². The molecule has 0 fully saturated rings. The van der Waals surface area contributed by atoms with Crippen LogP contribution in [0.1, 0.15) is 42.3 Å². The van der Waals surface area contributed by atoms with E-state index in [9.17, 15) is 4.79 Å². The fourth-order valence-electron chi connectivity index (χ4n) is 3.54. The van der Waals surface area contributed by atoms with E-state index in [1.165, 1.54) is 5.56 Å². The highest BCUT2D eigenvalue weighted by Crippen LogP contribution is 2.29. The second kappa shape index (κ2) is 6.02. The number of nitrogens with zero attached hydrogens (tertiary/aromatic N) is 3. The first-order chi connectivity index (χ1) is 11.7. The van der Waals surface area contributed by atoms with Crippen molar-refractivity contribution in [1.29, 1.82) is 0 Å². The number of carbonyl (C=O) groups is 1. The Morgan fingerprint density at radius 3 is 2.60 bits per heavy atom. The third kappa shape index (κ3) is 2.81. The molecular formula is C19H24N4O2. The van der Waals surface area contributed by atoms with Gasteiger partial charge in [0.15, 0.2) is 0 Å².